The largest absolute Gasteiger partial charge is 0.481 e. The maximum absolute atomic E-state index is 14.2. The topological polar surface area (TPSA) is 133 Å². The monoisotopic (exact) mass is 968 g/mol. The van der Waals surface area contributed by atoms with Crippen molar-refractivity contribution in [1.29, 1.82) is 0 Å². The molecule has 0 radical (unpaired) electrons. The van der Waals surface area contributed by atoms with Crippen molar-refractivity contribution in [3.05, 3.63) is 102 Å². The number of anilines is 8. The van der Waals surface area contributed by atoms with E-state index < -0.39 is 23.5 Å². The molecule has 15 nitrogen and oxygen atoms in total. The van der Waals surface area contributed by atoms with Crippen LogP contribution < -0.4 is 35.0 Å². The second-order valence-corrected chi connectivity index (χ2v) is 19.3. The summed E-state index contributed by atoms with van der Waals surface area (Å²) in [6.07, 6.45) is 4.61. The number of benzene rings is 2. The molecular formula is C49H54F6N14O. The number of aryl methyl sites for hydroxylation is 3. The van der Waals surface area contributed by atoms with Crippen molar-refractivity contribution >= 4 is 46.5 Å². The molecule has 21 heteroatoms. The number of piperidine rings is 2. The molecule has 2 saturated carbocycles. The normalized spacial score (nSPS) is 23.7. The summed E-state index contributed by atoms with van der Waals surface area (Å²) >= 11 is 0. The first-order chi connectivity index (χ1) is 33.8. The molecule has 2 saturated heterocycles. The van der Waals surface area contributed by atoms with Crippen molar-refractivity contribution in [2.75, 3.05) is 76.6 Å². The van der Waals surface area contributed by atoms with Crippen LogP contribution in [0.25, 0.3) is 0 Å². The van der Waals surface area contributed by atoms with E-state index in [4.69, 9.17) is 19.8 Å². The van der Waals surface area contributed by atoms with Crippen molar-refractivity contribution in [2.45, 2.75) is 76.8 Å². The van der Waals surface area contributed by atoms with Gasteiger partial charge < -0.3 is 35.0 Å². The van der Waals surface area contributed by atoms with Gasteiger partial charge >= 0.3 is 6.18 Å². The maximum atomic E-state index is 14.2. The van der Waals surface area contributed by atoms with Crippen LogP contribution in [0.2, 0.25) is 0 Å². The summed E-state index contributed by atoms with van der Waals surface area (Å²) in [4.78, 5) is 25.6. The van der Waals surface area contributed by atoms with Gasteiger partial charge in [0.1, 0.15) is 11.5 Å². The van der Waals surface area contributed by atoms with Gasteiger partial charge in [-0.15, -0.1) is 10.2 Å². The number of halogens is 6. The number of alkyl halides is 3. The number of hydrogen-bond acceptors (Lipinski definition) is 13. The van der Waals surface area contributed by atoms with Gasteiger partial charge in [-0.3, -0.25) is 4.98 Å². The van der Waals surface area contributed by atoms with Crippen LogP contribution in [0.5, 0.6) is 5.88 Å². The van der Waals surface area contributed by atoms with E-state index >= 15 is 0 Å². The predicted molar refractivity (Wildman–Crippen MR) is 252 cm³/mol. The van der Waals surface area contributed by atoms with Gasteiger partial charge in [0.2, 0.25) is 29.7 Å². The van der Waals surface area contributed by atoms with Crippen LogP contribution in [-0.4, -0.2) is 98.0 Å². The summed E-state index contributed by atoms with van der Waals surface area (Å²) in [5.41, 5.74) is 2.77. The zero-order valence-electron chi connectivity index (χ0n) is 38.8. The number of rotatable bonds is 9. The lowest BCUT2D eigenvalue weighted by atomic mass is 9.92. The molecule has 8 heterocycles. The molecule has 12 rings (SSSR count). The Morgan fingerprint density at radius 1 is 0.571 bits per heavy atom. The maximum Gasteiger partial charge on any atom is 0.433 e. The van der Waals surface area contributed by atoms with Crippen molar-refractivity contribution in [2.24, 2.45) is 23.7 Å². The molecule has 6 atom stereocenters. The van der Waals surface area contributed by atoms with Crippen LogP contribution in [0.4, 0.5) is 72.9 Å². The Labute approximate surface area is 400 Å². The quantitative estimate of drug-likeness (QED) is 0.134. The average Bonchev–Trinajstić information content (AvgIpc) is 4.09. The molecule has 4 aliphatic heterocycles. The number of methoxy groups -OCH3 is 1. The molecule has 2 aromatic carbocycles. The fraction of sp³-hybridized carbons (Fsp3) is 0.469. The van der Waals surface area contributed by atoms with Gasteiger partial charge in [0.05, 0.1) is 7.11 Å². The number of aromatic nitrogens is 8. The molecule has 0 amide bonds. The number of pyridine rings is 2. The van der Waals surface area contributed by atoms with Crippen LogP contribution in [-0.2, 0) is 19.3 Å². The Morgan fingerprint density at radius 2 is 1.07 bits per heavy atom. The number of nitrogens with zero attached hydrogens (tertiary/aromatic N) is 12. The standard InChI is InChI=1S/C25H27F4N7.C24H27F2N7O/c1-15-3-6-19(11-20(15)26)35-9-2-10-36-24(35)32-23(33-36)31-22-16-4-5-17(22)14-34(13-16)18-7-8-30-21(12-18)25(27,28)29;1-34-21-12-17(7-8-27-21)31-13-15-3-4-16(14-31)22(15)28-23-29-24-32(9-2-10-33(24)30-23)18-5-6-19(25)20(26)11-18/h3,6-8,11-12,16-17,22H,2,4-5,9-10,13-14H2,1H3,(H,31,33);5-8,11-12,15-16,22H,2-4,9-10,13-14H2,1H3,(H,28,30)/t16-,17+,22+;15-,16+,22+. The lowest BCUT2D eigenvalue weighted by Gasteiger charge is -2.39. The summed E-state index contributed by atoms with van der Waals surface area (Å²) in [6.45, 7) is 7.88. The van der Waals surface area contributed by atoms with Crippen molar-refractivity contribution in [3.8, 4) is 5.88 Å². The Hall–Kier alpha value is -6.80. The molecule has 4 aromatic heterocycles. The summed E-state index contributed by atoms with van der Waals surface area (Å²) in [7, 11) is 1.64. The minimum atomic E-state index is -4.46. The highest BCUT2D eigenvalue weighted by atomic mass is 19.4. The summed E-state index contributed by atoms with van der Waals surface area (Å²) in [5, 5.41) is 16.5. The number of fused-ring (bicyclic) bond motifs is 6. The Kier molecular flexibility index (Phi) is 12.1. The first-order valence-electron chi connectivity index (χ1n) is 24.1. The van der Waals surface area contributed by atoms with E-state index in [1.165, 1.54) is 18.3 Å². The first kappa shape index (κ1) is 45.6. The highest BCUT2D eigenvalue weighted by molar-refractivity contribution is 5.61. The third-order valence-electron chi connectivity index (χ3n) is 14.9. The third kappa shape index (κ3) is 8.98. The zero-order valence-corrected chi connectivity index (χ0v) is 38.8. The minimum Gasteiger partial charge on any atom is -0.481 e. The number of hydrogen-bond donors (Lipinski definition) is 2. The molecule has 6 aromatic rings. The minimum absolute atomic E-state index is 0.153. The first-order valence-corrected chi connectivity index (χ1v) is 24.1. The van der Waals surface area contributed by atoms with E-state index in [0.29, 0.717) is 84.1 Å². The lowest BCUT2D eigenvalue weighted by molar-refractivity contribution is -0.141. The second-order valence-electron chi connectivity index (χ2n) is 19.3. The van der Waals surface area contributed by atoms with Gasteiger partial charge in [0.25, 0.3) is 0 Å². The van der Waals surface area contributed by atoms with Gasteiger partial charge in [0, 0.05) is 112 Å². The zero-order chi connectivity index (χ0) is 48.3. The summed E-state index contributed by atoms with van der Waals surface area (Å²) in [5.74, 6) is 2.69. The van der Waals surface area contributed by atoms with Gasteiger partial charge in [-0.1, -0.05) is 6.07 Å². The van der Waals surface area contributed by atoms with Crippen LogP contribution in [0.3, 0.4) is 0 Å². The van der Waals surface area contributed by atoms with Gasteiger partial charge in [0.15, 0.2) is 11.6 Å². The molecule has 4 bridgehead atoms. The highest BCUT2D eigenvalue weighted by Gasteiger charge is 2.45. The third-order valence-corrected chi connectivity index (χ3v) is 14.9. The van der Waals surface area contributed by atoms with Crippen LogP contribution in [0.15, 0.2) is 73.1 Å². The molecule has 0 unspecified atom stereocenters. The van der Waals surface area contributed by atoms with E-state index in [1.807, 2.05) is 42.3 Å². The van der Waals surface area contributed by atoms with Gasteiger partial charge in [-0.05, 0) is 117 Å². The molecule has 4 fully saturated rings. The van der Waals surface area contributed by atoms with Crippen molar-refractivity contribution < 1.29 is 31.1 Å². The fourth-order valence-corrected chi connectivity index (χ4v) is 11.5. The van der Waals surface area contributed by atoms with Crippen molar-refractivity contribution in [1.82, 2.24) is 39.5 Å². The van der Waals surface area contributed by atoms with Crippen LogP contribution in [0, 0.1) is 48.0 Å². The molecule has 6 aliphatic rings. The Morgan fingerprint density at radius 3 is 1.57 bits per heavy atom. The number of ether oxygens (including phenoxy) is 1. The summed E-state index contributed by atoms with van der Waals surface area (Å²) < 4.78 is 89.9. The smallest absolute Gasteiger partial charge is 0.433 e. The highest BCUT2D eigenvalue weighted by Crippen LogP contribution is 2.43. The van der Waals surface area contributed by atoms with E-state index in [0.717, 1.165) is 94.8 Å². The molecular weight excluding hydrogens is 915 g/mol. The Bertz CT molecular complexity index is 2830. The van der Waals surface area contributed by atoms with E-state index in [2.05, 4.69) is 30.6 Å². The second kappa shape index (κ2) is 18.5. The van der Waals surface area contributed by atoms with Crippen molar-refractivity contribution in [3.63, 3.8) is 0 Å². The van der Waals surface area contributed by atoms with E-state index in [-0.39, 0.29) is 23.7 Å². The van der Waals surface area contributed by atoms with E-state index in [9.17, 15) is 26.3 Å². The molecule has 2 aliphatic carbocycles. The molecule has 70 heavy (non-hydrogen) atoms. The summed E-state index contributed by atoms with van der Waals surface area (Å²) in [6, 6.07) is 16.4. The lowest BCUT2D eigenvalue weighted by Crippen LogP contribution is -2.48. The SMILES string of the molecule is COc1cc(N2C[C@H]3CC[C@@H](C2)[C@H]3Nc2nc3n(n2)CCCN3c2ccc(F)c(F)c2)ccn1.Cc1ccc(N2CCCn3nc(N[C@H]4[C@@H]5CC[C@H]4CN(c4ccnc(C(F)(F)F)c4)C5)nc32)cc1F. The fourth-order valence-electron chi connectivity index (χ4n) is 11.5. The predicted octanol–water partition coefficient (Wildman–Crippen LogP) is 8.84. The van der Waals surface area contributed by atoms with Crippen LogP contribution >= 0.6 is 0 Å². The molecule has 0 spiro atoms. The molecule has 2 N–H and O–H groups in total. The van der Waals surface area contributed by atoms with Crippen LogP contribution in [0.1, 0.15) is 49.8 Å². The Balaban J connectivity index is 0.000000153. The van der Waals surface area contributed by atoms with Gasteiger partial charge in [-0.2, -0.15) is 23.1 Å². The number of nitrogens with one attached hydrogen (secondary N) is 2. The molecule has 368 valence electrons. The van der Waals surface area contributed by atoms with Gasteiger partial charge in [-0.25, -0.2) is 27.5 Å². The van der Waals surface area contributed by atoms with E-state index in [1.54, 1.807) is 38.4 Å². The average molecular weight is 969 g/mol.